The second-order valence-electron chi connectivity index (χ2n) is 5.16. The van der Waals surface area contributed by atoms with E-state index in [-0.39, 0.29) is 0 Å². The van der Waals surface area contributed by atoms with Gasteiger partial charge in [0.1, 0.15) is 4.83 Å². The van der Waals surface area contributed by atoms with Crippen molar-refractivity contribution >= 4 is 27.5 Å². The van der Waals surface area contributed by atoms with Gasteiger partial charge in [0.05, 0.1) is 12.0 Å². The third kappa shape index (κ3) is 2.71. The van der Waals surface area contributed by atoms with Crippen molar-refractivity contribution < 1.29 is 4.74 Å². The number of ether oxygens (including phenoxy) is 1. The third-order valence-corrected chi connectivity index (χ3v) is 4.68. The Bertz CT molecular complexity index is 586. The molecule has 5 nitrogen and oxygen atoms in total. The third-order valence-electron chi connectivity index (χ3n) is 3.88. The van der Waals surface area contributed by atoms with Crippen LogP contribution in [0.5, 0.6) is 5.88 Å². The van der Waals surface area contributed by atoms with E-state index in [1.54, 1.807) is 11.3 Å². The van der Waals surface area contributed by atoms with E-state index in [0.29, 0.717) is 24.5 Å². The Labute approximate surface area is 123 Å². The maximum atomic E-state index is 5.92. The molecule has 0 spiro atoms. The minimum absolute atomic E-state index is 0.618. The van der Waals surface area contributed by atoms with E-state index in [9.17, 15) is 0 Å². The van der Waals surface area contributed by atoms with Gasteiger partial charge in [-0.3, -0.25) is 0 Å². The molecule has 0 aliphatic carbocycles. The number of hydrogen-bond acceptors (Lipinski definition) is 6. The number of rotatable bonds is 5. The predicted molar refractivity (Wildman–Crippen MR) is 82.7 cm³/mol. The number of fused-ring (bicyclic) bond motifs is 1. The summed E-state index contributed by atoms with van der Waals surface area (Å²) in [7, 11) is 4.02. The molecule has 1 atom stereocenters. The van der Waals surface area contributed by atoms with Crippen molar-refractivity contribution in [2.24, 2.45) is 0 Å². The first kappa shape index (κ1) is 13.6. The van der Waals surface area contributed by atoms with Gasteiger partial charge in [0.25, 0.3) is 0 Å². The summed E-state index contributed by atoms with van der Waals surface area (Å²) in [5.74, 6) is 1.31. The molecule has 20 heavy (non-hydrogen) atoms. The minimum atomic E-state index is 0.618. The lowest BCUT2D eigenvalue weighted by Crippen LogP contribution is -2.26. The fourth-order valence-corrected chi connectivity index (χ4v) is 3.44. The molecule has 2 aromatic rings. The molecule has 1 aliphatic rings. The standard InChI is InChI=1S/C14H20N4OS/c1-15-14-16-12(11-6-9-20-13(11)17-14)19-8-5-10-4-3-7-18(10)2/h6,9-10H,3-5,7-8H2,1-2H3,(H,15,16,17). The summed E-state index contributed by atoms with van der Waals surface area (Å²) in [4.78, 5) is 12.2. The van der Waals surface area contributed by atoms with Crippen LogP contribution in [-0.4, -0.2) is 48.2 Å². The zero-order valence-electron chi connectivity index (χ0n) is 11.9. The van der Waals surface area contributed by atoms with Gasteiger partial charge in [0.15, 0.2) is 0 Å². The Balaban J connectivity index is 1.68. The Kier molecular flexibility index (Phi) is 4.03. The smallest absolute Gasteiger partial charge is 0.227 e. The maximum Gasteiger partial charge on any atom is 0.227 e. The molecule has 0 saturated carbocycles. The van der Waals surface area contributed by atoms with Crippen molar-refractivity contribution in [3.05, 3.63) is 11.4 Å². The van der Waals surface area contributed by atoms with Crippen molar-refractivity contribution in [2.75, 3.05) is 32.6 Å². The number of likely N-dealkylation sites (tertiary alicyclic amines) is 1. The Morgan fingerprint density at radius 1 is 1.50 bits per heavy atom. The van der Waals surface area contributed by atoms with E-state index in [4.69, 9.17) is 4.74 Å². The van der Waals surface area contributed by atoms with Gasteiger partial charge in [0, 0.05) is 13.1 Å². The quantitative estimate of drug-likeness (QED) is 0.918. The van der Waals surface area contributed by atoms with Crippen LogP contribution in [0.25, 0.3) is 10.2 Å². The van der Waals surface area contributed by atoms with Gasteiger partial charge in [-0.1, -0.05) is 0 Å². The van der Waals surface area contributed by atoms with Gasteiger partial charge in [-0.15, -0.1) is 11.3 Å². The first-order valence-electron chi connectivity index (χ1n) is 7.04. The number of thiophene rings is 1. The van der Waals surface area contributed by atoms with Crippen LogP contribution in [0.4, 0.5) is 5.95 Å². The van der Waals surface area contributed by atoms with E-state index in [0.717, 1.165) is 16.6 Å². The average molecular weight is 292 g/mol. The summed E-state index contributed by atoms with van der Waals surface area (Å²) < 4.78 is 5.92. The van der Waals surface area contributed by atoms with Crippen LogP contribution < -0.4 is 10.1 Å². The topological polar surface area (TPSA) is 50.3 Å². The molecular formula is C14H20N4OS. The molecule has 3 heterocycles. The first-order chi connectivity index (χ1) is 9.78. The van der Waals surface area contributed by atoms with E-state index in [1.165, 1.54) is 19.4 Å². The molecule has 0 amide bonds. The van der Waals surface area contributed by atoms with Crippen LogP contribution in [0, 0.1) is 0 Å². The van der Waals surface area contributed by atoms with Gasteiger partial charge in [-0.25, -0.2) is 4.98 Å². The average Bonchev–Trinajstić information content (AvgIpc) is 3.07. The Hall–Kier alpha value is -1.40. The highest BCUT2D eigenvalue weighted by atomic mass is 32.1. The zero-order valence-corrected chi connectivity index (χ0v) is 12.7. The predicted octanol–water partition coefficient (Wildman–Crippen LogP) is 2.60. The normalized spacial score (nSPS) is 19.6. The van der Waals surface area contributed by atoms with Crippen molar-refractivity contribution in [3.8, 4) is 5.88 Å². The first-order valence-corrected chi connectivity index (χ1v) is 7.92. The van der Waals surface area contributed by atoms with Crippen molar-refractivity contribution in [1.29, 1.82) is 0 Å². The van der Waals surface area contributed by atoms with E-state index in [2.05, 4.69) is 27.2 Å². The number of anilines is 1. The van der Waals surface area contributed by atoms with E-state index < -0.39 is 0 Å². The molecule has 0 aromatic carbocycles. The van der Waals surface area contributed by atoms with Crippen LogP contribution in [0.15, 0.2) is 11.4 Å². The van der Waals surface area contributed by atoms with E-state index >= 15 is 0 Å². The van der Waals surface area contributed by atoms with Crippen LogP contribution in [0.3, 0.4) is 0 Å². The van der Waals surface area contributed by atoms with Gasteiger partial charge in [-0.2, -0.15) is 4.98 Å². The number of nitrogens with zero attached hydrogens (tertiary/aromatic N) is 3. The van der Waals surface area contributed by atoms with E-state index in [1.807, 2.05) is 18.5 Å². The second-order valence-corrected chi connectivity index (χ2v) is 6.05. The van der Waals surface area contributed by atoms with Crippen LogP contribution in [-0.2, 0) is 0 Å². The summed E-state index contributed by atoms with van der Waals surface area (Å²) in [6.45, 7) is 1.91. The van der Waals surface area contributed by atoms with Crippen LogP contribution in [0.1, 0.15) is 19.3 Å². The van der Waals surface area contributed by atoms with Crippen LogP contribution in [0.2, 0.25) is 0 Å². The fraction of sp³-hybridized carbons (Fsp3) is 0.571. The summed E-state index contributed by atoms with van der Waals surface area (Å²) in [5.41, 5.74) is 0. The molecule has 2 aromatic heterocycles. The summed E-state index contributed by atoms with van der Waals surface area (Å²) in [6.07, 6.45) is 3.63. The highest BCUT2D eigenvalue weighted by Gasteiger charge is 2.20. The molecule has 1 aliphatic heterocycles. The SMILES string of the molecule is CNc1nc(OCCC2CCCN2C)c2ccsc2n1. The van der Waals surface area contributed by atoms with Crippen molar-refractivity contribution in [3.63, 3.8) is 0 Å². The molecule has 1 N–H and O–H groups in total. The highest BCUT2D eigenvalue weighted by Crippen LogP contribution is 2.28. The van der Waals surface area contributed by atoms with Crippen LogP contribution >= 0.6 is 11.3 Å². The minimum Gasteiger partial charge on any atom is -0.477 e. The maximum absolute atomic E-state index is 5.92. The second kappa shape index (κ2) is 5.93. The lowest BCUT2D eigenvalue weighted by Gasteiger charge is -2.19. The zero-order chi connectivity index (χ0) is 13.9. The largest absolute Gasteiger partial charge is 0.477 e. The summed E-state index contributed by atoms with van der Waals surface area (Å²) in [6, 6.07) is 2.68. The Morgan fingerprint density at radius 2 is 2.40 bits per heavy atom. The summed E-state index contributed by atoms with van der Waals surface area (Å²) >= 11 is 1.61. The number of nitrogens with one attached hydrogen (secondary N) is 1. The summed E-state index contributed by atoms with van der Waals surface area (Å²) in [5, 5.41) is 6.02. The molecule has 0 bridgehead atoms. The lowest BCUT2D eigenvalue weighted by molar-refractivity contribution is 0.230. The monoisotopic (exact) mass is 292 g/mol. The number of aromatic nitrogens is 2. The molecule has 108 valence electrons. The Morgan fingerprint density at radius 3 is 3.15 bits per heavy atom. The molecule has 6 heteroatoms. The lowest BCUT2D eigenvalue weighted by atomic mass is 10.1. The van der Waals surface area contributed by atoms with Crippen molar-refractivity contribution in [1.82, 2.24) is 14.9 Å². The van der Waals surface area contributed by atoms with Gasteiger partial charge >= 0.3 is 0 Å². The molecule has 1 unspecified atom stereocenters. The fourth-order valence-electron chi connectivity index (χ4n) is 2.69. The molecule has 1 saturated heterocycles. The highest BCUT2D eigenvalue weighted by molar-refractivity contribution is 7.16. The molecular weight excluding hydrogens is 272 g/mol. The van der Waals surface area contributed by atoms with Crippen molar-refractivity contribution in [2.45, 2.75) is 25.3 Å². The molecule has 1 fully saturated rings. The number of hydrogen-bond donors (Lipinski definition) is 1. The molecule has 0 radical (unpaired) electrons. The molecule has 3 rings (SSSR count). The van der Waals surface area contributed by atoms with Gasteiger partial charge in [0.2, 0.25) is 11.8 Å². The van der Waals surface area contributed by atoms with Gasteiger partial charge in [-0.05, 0) is 44.3 Å². The van der Waals surface area contributed by atoms with Gasteiger partial charge < -0.3 is 15.0 Å².